The Kier molecular flexibility index (Phi) is 5.73. The van der Waals surface area contributed by atoms with Gasteiger partial charge in [-0.15, -0.1) is 13.2 Å². The average molecular weight is 363 g/mol. The Bertz CT molecular complexity index is 491. The summed E-state index contributed by atoms with van der Waals surface area (Å²) in [6.07, 6.45) is 3.39. The minimum atomic E-state index is -4.65. The van der Waals surface area contributed by atoms with Crippen molar-refractivity contribution in [3.63, 3.8) is 0 Å². The average Bonchev–Trinajstić information content (AvgIpc) is 2.44. The molecular formula is C16H18BrF3O. The van der Waals surface area contributed by atoms with Crippen LogP contribution in [0.2, 0.25) is 0 Å². The van der Waals surface area contributed by atoms with E-state index < -0.39 is 6.36 Å². The molecule has 0 saturated heterocycles. The van der Waals surface area contributed by atoms with Crippen LogP contribution >= 0.6 is 15.9 Å². The minimum absolute atomic E-state index is 0.172. The summed E-state index contributed by atoms with van der Waals surface area (Å²) in [6.45, 7) is 0. The van der Waals surface area contributed by atoms with Crippen LogP contribution in [0.25, 0.3) is 6.08 Å². The molecule has 1 aromatic carbocycles. The SMILES string of the molecule is FC(F)(F)Oc1cccc(/C=C(/CBr)C2CCCCC2)c1. The van der Waals surface area contributed by atoms with Crippen molar-refractivity contribution in [2.24, 2.45) is 5.92 Å². The van der Waals surface area contributed by atoms with Crippen LogP contribution in [-0.2, 0) is 0 Å². The maximum absolute atomic E-state index is 12.2. The van der Waals surface area contributed by atoms with Crippen molar-refractivity contribution < 1.29 is 17.9 Å². The van der Waals surface area contributed by atoms with Gasteiger partial charge in [0.25, 0.3) is 0 Å². The van der Waals surface area contributed by atoms with Crippen molar-refractivity contribution in [1.82, 2.24) is 0 Å². The molecule has 1 nitrogen and oxygen atoms in total. The molecule has 1 saturated carbocycles. The predicted octanol–water partition coefficient (Wildman–Crippen LogP) is 5.94. The molecule has 1 aliphatic carbocycles. The first kappa shape index (κ1) is 16.4. The molecule has 0 unspecified atom stereocenters. The zero-order valence-corrected chi connectivity index (χ0v) is 13.2. The summed E-state index contributed by atoms with van der Waals surface area (Å²) in [5.41, 5.74) is 2.00. The van der Waals surface area contributed by atoms with Gasteiger partial charge in [-0.25, -0.2) is 0 Å². The molecule has 21 heavy (non-hydrogen) atoms. The largest absolute Gasteiger partial charge is 0.573 e. The fourth-order valence-corrected chi connectivity index (χ4v) is 3.37. The molecule has 0 atom stereocenters. The van der Waals surface area contributed by atoms with Crippen molar-refractivity contribution in [2.45, 2.75) is 38.5 Å². The highest BCUT2D eigenvalue weighted by molar-refractivity contribution is 9.09. The molecule has 0 aromatic heterocycles. The second kappa shape index (κ2) is 7.34. The van der Waals surface area contributed by atoms with Gasteiger partial charge in [-0.2, -0.15) is 0 Å². The maximum atomic E-state index is 12.2. The summed E-state index contributed by atoms with van der Waals surface area (Å²) in [7, 11) is 0. The molecular weight excluding hydrogens is 345 g/mol. The van der Waals surface area contributed by atoms with Crippen LogP contribution in [-0.4, -0.2) is 11.7 Å². The molecule has 116 valence electrons. The quantitative estimate of drug-likeness (QED) is 0.601. The van der Waals surface area contributed by atoms with Crippen LogP contribution in [0.3, 0.4) is 0 Å². The zero-order valence-electron chi connectivity index (χ0n) is 11.6. The molecule has 1 aromatic rings. The van der Waals surface area contributed by atoms with Gasteiger partial charge < -0.3 is 4.74 Å². The first-order valence-corrected chi connectivity index (χ1v) is 8.22. The van der Waals surface area contributed by atoms with Gasteiger partial charge in [0, 0.05) is 5.33 Å². The Morgan fingerprint density at radius 1 is 1.24 bits per heavy atom. The fraction of sp³-hybridized carbons (Fsp3) is 0.500. The van der Waals surface area contributed by atoms with Gasteiger partial charge in [0.2, 0.25) is 0 Å². The van der Waals surface area contributed by atoms with E-state index in [1.54, 1.807) is 12.1 Å². The molecule has 1 aliphatic rings. The summed E-state index contributed by atoms with van der Waals surface area (Å²) in [5, 5.41) is 0.752. The molecule has 0 aliphatic heterocycles. The van der Waals surface area contributed by atoms with Gasteiger partial charge in [0.1, 0.15) is 5.75 Å². The second-order valence-electron chi connectivity index (χ2n) is 5.31. The number of ether oxygens (including phenoxy) is 1. The second-order valence-corrected chi connectivity index (χ2v) is 5.87. The summed E-state index contributed by atoms with van der Waals surface area (Å²) in [6, 6.07) is 6.13. The third-order valence-corrected chi connectivity index (χ3v) is 4.38. The van der Waals surface area contributed by atoms with Crippen molar-refractivity contribution >= 4 is 22.0 Å². The molecule has 5 heteroatoms. The van der Waals surface area contributed by atoms with Gasteiger partial charge in [-0.05, 0) is 36.5 Å². The highest BCUT2D eigenvalue weighted by Gasteiger charge is 2.31. The minimum Gasteiger partial charge on any atom is -0.406 e. The normalized spacial score (nSPS) is 17.8. The van der Waals surface area contributed by atoms with Crippen molar-refractivity contribution in [2.75, 3.05) is 5.33 Å². The lowest BCUT2D eigenvalue weighted by molar-refractivity contribution is -0.274. The van der Waals surface area contributed by atoms with Crippen molar-refractivity contribution in [3.8, 4) is 5.75 Å². The molecule has 0 N–H and O–H groups in total. The van der Waals surface area contributed by atoms with E-state index in [4.69, 9.17) is 0 Å². The predicted molar refractivity (Wildman–Crippen MR) is 81.5 cm³/mol. The molecule has 0 amide bonds. The highest BCUT2D eigenvalue weighted by Crippen LogP contribution is 2.32. The maximum Gasteiger partial charge on any atom is 0.573 e. The van der Waals surface area contributed by atoms with Crippen LogP contribution in [0.1, 0.15) is 37.7 Å². The van der Waals surface area contributed by atoms with Crippen LogP contribution in [0.5, 0.6) is 5.75 Å². The van der Waals surface area contributed by atoms with E-state index in [0.717, 1.165) is 23.7 Å². The molecule has 0 spiro atoms. The van der Waals surface area contributed by atoms with Gasteiger partial charge in [0.05, 0.1) is 0 Å². The number of hydrogen-bond acceptors (Lipinski definition) is 1. The van der Waals surface area contributed by atoms with Crippen molar-refractivity contribution in [1.29, 1.82) is 0 Å². The first-order chi connectivity index (χ1) is 9.98. The Labute approximate surface area is 131 Å². The summed E-state index contributed by atoms with van der Waals surface area (Å²) in [5.74, 6) is 0.360. The van der Waals surface area contributed by atoms with Crippen LogP contribution < -0.4 is 4.74 Å². The number of hydrogen-bond donors (Lipinski definition) is 0. The van der Waals surface area contributed by atoms with Gasteiger partial charge in [-0.3, -0.25) is 0 Å². The van der Waals surface area contributed by atoms with Gasteiger partial charge in [0.15, 0.2) is 0 Å². The van der Waals surface area contributed by atoms with E-state index in [1.807, 2.05) is 6.08 Å². The van der Waals surface area contributed by atoms with Crippen LogP contribution in [0, 0.1) is 5.92 Å². The first-order valence-electron chi connectivity index (χ1n) is 7.10. The lowest BCUT2D eigenvalue weighted by Gasteiger charge is -2.23. The summed E-state index contributed by atoms with van der Waals surface area (Å²) < 4.78 is 40.7. The monoisotopic (exact) mass is 362 g/mol. The molecule has 0 bridgehead atoms. The molecule has 0 heterocycles. The van der Waals surface area contributed by atoms with E-state index in [-0.39, 0.29) is 5.75 Å². The van der Waals surface area contributed by atoms with Gasteiger partial charge in [-0.1, -0.05) is 59.0 Å². The zero-order chi connectivity index (χ0) is 15.3. The van der Waals surface area contributed by atoms with E-state index in [9.17, 15) is 13.2 Å². The van der Waals surface area contributed by atoms with E-state index in [1.165, 1.54) is 37.0 Å². The van der Waals surface area contributed by atoms with Crippen LogP contribution in [0.15, 0.2) is 29.8 Å². The highest BCUT2D eigenvalue weighted by atomic mass is 79.9. The van der Waals surface area contributed by atoms with Gasteiger partial charge >= 0.3 is 6.36 Å². The number of rotatable bonds is 4. The standard InChI is InChI=1S/C16H18BrF3O/c17-11-14(13-6-2-1-3-7-13)9-12-5-4-8-15(10-12)21-16(18,19)20/h4-5,8-10,13H,1-3,6-7,11H2/b14-9-. The van der Waals surface area contributed by atoms with E-state index in [2.05, 4.69) is 20.7 Å². The fourth-order valence-electron chi connectivity index (χ4n) is 2.75. The third-order valence-electron chi connectivity index (χ3n) is 3.73. The Morgan fingerprint density at radius 3 is 2.57 bits per heavy atom. The van der Waals surface area contributed by atoms with Crippen molar-refractivity contribution in [3.05, 3.63) is 35.4 Å². The topological polar surface area (TPSA) is 9.23 Å². The molecule has 2 rings (SSSR count). The van der Waals surface area contributed by atoms with E-state index >= 15 is 0 Å². The van der Waals surface area contributed by atoms with E-state index in [0.29, 0.717) is 5.92 Å². The smallest absolute Gasteiger partial charge is 0.406 e. The summed E-state index contributed by atoms with van der Waals surface area (Å²) in [4.78, 5) is 0. The number of halogens is 4. The lowest BCUT2D eigenvalue weighted by atomic mass is 9.84. The number of alkyl halides is 4. The Balaban J connectivity index is 2.15. The summed E-state index contributed by atoms with van der Waals surface area (Å²) >= 11 is 3.50. The Morgan fingerprint density at radius 2 is 1.95 bits per heavy atom. The molecule has 0 radical (unpaired) electrons. The number of benzene rings is 1. The Hall–Kier alpha value is -0.970. The lowest BCUT2D eigenvalue weighted by Crippen LogP contribution is -2.17. The third kappa shape index (κ3) is 5.38. The molecule has 1 fully saturated rings. The van der Waals surface area contributed by atoms with Crippen LogP contribution in [0.4, 0.5) is 13.2 Å². The number of allylic oxidation sites excluding steroid dienone is 1.